The molecule has 0 aliphatic carbocycles. The molecule has 2 rings (SSSR count). The molecule has 1 aliphatic rings. The largest absolute Gasteiger partial charge is 0.390 e. The Morgan fingerprint density at radius 3 is 2.29 bits per heavy atom. The molecule has 0 atom stereocenters. The summed E-state index contributed by atoms with van der Waals surface area (Å²) in [6.07, 6.45) is -5.06. The number of halogens is 4. The van der Waals surface area contributed by atoms with Crippen LogP contribution in [0.2, 0.25) is 0 Å². The molecule has 28 heavy (non-hydrogen) atoms. The molecule has 1 fully saturated rings. The van der Waals surface area contributed by atoms with Gasteiger partial charge in [0.2, 0.25) is 0 Å². The van der Waals surface area contributed by atoms with Gasteiger partial charge < -0.3 is 10.6 Å². The number of aliphatic imine (C=N–C) groups is 1. The lowest BCUT2D eigenvalue weighted by Crippen LogP contribution is -2.49. The second kappa shape index (κ2) is 13.2. The summed E-state index contributed by atoms with van der Waals surface area (Å²) in [5, 5.41) is 6.11. The average Bonchev–Trinajstić information content (AvgIpc) is 2.63. The summed E-state index contributed by atoms with van der Waals surface area (Å²) in [4.78, 5) is 8.80. The number of hydrogen-bond acceptors (Lipinski definition) is 3. The first-order valence-electron chi connectivity index (χ1n) is 9.54. The van der Waals surface area contributed by atoms with E-state index in [4.69, 9.17) is 0 Å². The molecule has 0 radical (unpaired) electrons. The Bertz CT molecular complexity index is 560. The van der Waals surface area contributed by atoms with E-state index in [1.165, 1.54) is 5.56 Å². The highest BCUT2D eigenvalue weighted by Crippen LogP contribution is 2.18. The summed E-state index contributed by atoms with van der Waals surface area (Å²) in [6.45, 7) is 8.79. The van der Waals surface area contributed by atoms with E-state index in [0.717, 1.165) is 39.3 Å². The van der Waals surface area contributed by atoms with Crippen LogP contribution in [0.15, 0.2) is 35.3 Å². The van der Waals surface area contributed by atoms with Gasteiger partial charge in [0.05, 0.1) is 13.0 Å². The third-order valence-corrected chi connectivity index (χ3v) is 4.44. The third-order valence-electron chi connectivity index (χ3n) is 4.44. The third kappa shape index (κ3) is 10.5. The van der Waals surface area contributed by atoms with Gasteiger partial charge in [-0.05, 0) is 12.5 Å². The number of hydrogen-bond donors (Lipinski definition) is 2. The summed E-state index contributed by atoms with van der Waals surface area (Å²) in [5.41, 5.74) is 1.33. The van der Waals surface area contributed by atoms with E-state index in [0.29, 0.717) is 19.0 Å². The highest BCUT2D eigenvalue weighted by molar-refractivity contribution is 14.0. The lowest BCUT2D eigenvalue weighted by Gasteiger charge is -2.34. The number of benzene rings is 1. The smallest absolute Gasteiger partial charge is 0.357 e. The van der Waals surface area contributed by atoms with Gasteiger partial charge in [0.15, 0.2) is 5.96 Å². The van der Waals surface area contributed by atoms with Crippen molar-refractivity contribution < 1.29 is 13.2 Å². The van der Waals surface area contributed by atoms with Crippen LogP contribution in [0.5, 0.6) is 0 Å². The van der Waals surface area contributed by atoms with Gasteiger partial charge in [-0.25, -0.2) is 0 Å². The SMILES string of the molecule is CCNC(=NCCC(F)(F)F)NCCN1CCN(Cc2ccccc2)CC1.I. The average molecular weight is 513 g/mol. The lowest BCUT2D eigenvalue weighted by atomic mass is 10.2. The molecule has 9 heteroatoms. The molecule has 0 spiro atoms. The highest BCUT2D eigenvalue weighted by atomic mass is 127. The Morgan fingerprint density at radius 1 is 1.04 bits per heavy atom. The zero-order chi connectivity index (χ0) is 19.5. The van der Waals surface area contributed by atoms with Crippen LogP contribution >= 0.6 is 24.0 Å². The van der Waals surface area contributed by atoms with Crippen LogP contribution in [0.1, 0.15) is 18.9 Å². The van der Waals surface area contributed by atoms with Gasteiger partial charge >= 0.3 is 6.18 Å². The monoisotopic (exact) mass is 513 g/mol. The maximum atomic E-state index is 12.2. The molecule has 1 aliphatic heterocycles. The van der Waals surface area contributed by atoms with Crippen molar-refractivity contribution in [3.63, 3.8) is 0 Å². The molecule has 2 N–H and O–H groups in total. The standard InChI is InChI=1S/C19H30F3N5.HI/c1-2-23-18(24-9-8-19(20,21)22)25-10-11-26-12-14-27(15-13-26)16-17-6-4-3-5-7-17;/h3-7H,2,8-16H2,1H3,(H2,23,24,25);1H. The molecular formula is C19H31F3IN5. The fourth-order valence-corrected chi connectivity index (χ4v) is 2.98. The first kappa shape index (κ1) is 25.0. The molecule has 1 saturated heterocycles. The summed E-state index contributed by atoms with van der Waals surface area (Å²) >= 11 is 0. The van der Waals surface area contributed by atoms with Crippen LogP contribution < -0.4 is 10.6 Å². The molecule has 0 unspecified atom stereocenters. The molecular weight excluding hydrogens is 482 g/mol. The van der Waals surface area contributed by atoms with Crippen LogP contribution in [0.4, 0.5) is 13.2 Å². The fourth-order valence-electron chi connectivity index (χ4n) is 2.98. The molecule has 1 aromatic rings. The normalized spacial score (nSPS) is 16.5. The first-order valence-corrected chi connectivity index (χ1v) is 9.54. The topological polar surface area (TPSA) is 42.9 Å². The van der Waals surface area contributed by atoms with Crippen molar-refractivity contribution in [1.82, 2.24) is 20.4 Å². The van der Waals surface area contributed by atoms with E-state index >= 15 is 0 Å². The van der Waals surface area contributed by atoms with E-state index < -0.39 is 12.6 Å². The summed E-state index contributed by atoms with van der Waals surface area (Å²) in [5.74, 6) is 0.449. The molecule has 0 amide bonds. The van der Waals surface area contributed by atoms with Gasteiger partial charge in [-0.1, -0.05) is 30.3 Å². The van der Waals surface area contributed by atoms with Gasteiger partial charge in [0.25, 0.3) is 0 Å². The zero-order valence-corrected chi connectivity index (χ0v) is 18.7. The van der Waals surface area contributed by atoms with Crippen molar-refractivity contribution >= 4 is 29.9 Å². The van der Waals surface area contributed by atoms with Crippen molar-refractivity contribution in [1.29, 1.82) is 0 Å². The van der Waals surface area contributed by atoms with Gasteiger partial charge in [0.1, 0.15) is 0 Å². The number of rotatable bonds is 8. The lowest BCUT2D eigenvalue weighted by molar-refractivity contribution is -0.132. The van der Waals surface area contributed by atoms with Crippen LogP contribution in [0, 0.1) is 0 Å². The summed E-state index contributed by atoms with van der Waals surface area (Å²) in [6, 6.07) is 10.5. The van der Waals surface area contributed by atoms with Crippen molar-refractivity contribution in [2.45, 2.75) is 26.1 Å². The summed E-state index contributed by atoms with van der Waals surface area (Å²) < 4.78 is 36.7. The minimum absolute atomic E-state index is 0. The molecule has 1 aromatic carbocycles. The Morgan fingerprint density at radius 2 is 1.68 bits per heavy atom. The van der Waals surface area contributed by atoms with Crippen LogP contribution in [-0.2, 0) is 6.54 Å². The van der Waals surface area contributed by atoms with Crippen LogP contribution in [0.25, 0.3) is 0 Å². The van der Waals surface area contributed by atoms with E-state index in [1.54, 1.807) is 0 Å². The van der Waals surface area contributed by atoms with Gasteiger partial charge in [-0.15, -0.1) is 24.0 Å². The minimum Gasteiger partial charge on any atom is -0.357 e. The Balaban J connectivity index is 0.00000392. The van der Waals surface area contributed by atoms with Gasteiger partial charge in [0, 0.05) is 52.4 Å². The Hall–Kier alpha value is -1.07. The molecule has 1 heterocycles. The van der Waals surface area contributed by atoms with Gasteiger partial charge in [-0.2, -0.15) is 13.2 Å². The number of guanidine groups is 1. The maximum absolute atomic E-state index is 12.2. The predicted octanol–water partition coefficient (Wildman–Crippen LogP) is 2.93. The second-order valence-electron chi connectivity index (χ2n) is 6.66. The maximum Gasteiger partial charge on any atom is 0.390 e. The quantitative estimate of drug-likeness (QED) is 0.319. The van der Waals surface area contributed by atoms with Crippen molar-refractivity contribution in [2.75, 3.05) is 52.4 Å². The van der Waals surface area contributed by atoms with E-state index in [9.17, 15) is 13.2 Å². The molecule has 160 valence electrons. The minimum atomic E-state index is -4.17. The van der Waals surface area contributed by atoms with Crippen molar-refractivity contribution in [3.05, 3.63) is 35.9 Å². The number of nitrogens with one attached hydrogen (secondary N) is 2. The van der Waals surface area contributed by atoms with Crippen molar-refractivity contribution in [2.24, 2.45) is 4.99 Å². The first-order chi connectivity index (χ1) is 13.0. The summed E-state index contributed by atoms with van der Waals surface area (Å²) in [7, 11) is 0. The van der Waals surface area contributed by atoms with E-state index in [-0.39, 0.29) is 30.5 Å². The van der Waals surface area contributed by atoms with E-state index in [2.05, 4.69) is 49.7 Å². The van der Waals surface area contributed by atoms with E-state index in [1.807, 2.05) is 13.0 Å². The molecule has 0 bridgehead atoms. The second-order valence-corrected chi connectivity index (χ2v) is 6.66. The fraction of sp³-hybridized carbons (Fsp3) is 0.632. The number of nitrogens with zero attached hydrogens (tertiary/aromatic N) is 3. The Labute approximate surface area is 182 Å². The predicted molar refractivity (Wildman–Crippen MR) is 118 cm³/mol. The van der Waals surface area contributed by atoms with Gasteiger partial charge in [-0.3, -0.25) is 14.8 Å². The number of piperazine rings is 1. The number of alkyl halides is 3. The molecule has 5 nitrogen and oxygen atoms in total. The van der Waals surface area contributed by atoms with Crippen molar-refractivity contribution in [3.8, 4) is 0 Å². The molecule has 0 aromatic heterocycles. The van der Waals surface area contributed by atoms with Crippen LogP contribution in [0.3, 0.4) is 0 Å². The highest BCUT2D eigenvalue weighted by Gasteiger charge is 2.26. The Kier molecular flexibility index (Phi) is 11.8. The zero-order valence-electron chi connectivity index (χ0n) is 16.3. The van der Waals surface area contributed by atoms with Crippen LogP contribution in [-0.4, -0.2) is 74.3 Å². The molecule has 0 saturated carbocycles.